The molecule has 2 atom stereocenters. The number of aliphatic imine (C=N–C) groups is 1. The summed E-state index contributed by atoms with van der Waals surface area (Å²) in [5, 5.41) is 9.02. The molecule has 7 nitrogen and oxygen atoms in total. The van der Waals surface area contributed by atoms with E-state index in [9.17, 15) is 13.6 Å². The minimum Gasteiger partial charge on any atom is -0.494 e. The van der Waals surface area contributed by atoms with Gasteiger partial charge in [-0.1, -0.05) is 64.5 Å². The molecule has 43 heavy (non-hydrogen) atoms. The number of carbonyl (C=O) groups is 1. The van der Waals surface area contributed by atoms with E-state index in [1.807, 2.05) is 54.6 Å². The lowest BCUT2D eigenvalue weighted by molar-refractivity contribution is -0.130. The molecule has 4 aromatic rings. The maximum absolute atomic E-state index is 14.3. The van der Waals surface area contributed by atoms with Crippen LogP contribution in [-0.2, 0) is 22.5 Å². The van der Waals surface area contributed by atoms with Gasteiger partial charge in [0.2, 0.25) is 5.90 Å². The number of nitrogens with one attached hydrogen (secondary N) is 2. The number of aliphatic hydroxyl groups excluding tert-OH is 1. The van der Waals surface area contributed by atoms with Crippen LogP contribution in [-0.4, -0.2) is 35.7 Å². The number of carbonyl (C=O) groups excluding carboxylic acids is 1. The quantitative estimate of drug-likeness (QED) is 0.133. The fraction of sp³-hybridized carbons (Fsp3) is 0.212. The molecular formula is C33H30BrF2N3O4. The van der Waals surface area contributed by atoms with Crippen LogP contribution in [0.15, 0.2) is 107 Å². The van der Waals surface area contributed by atoms with Gasteiger partial charge in [0.1, 0.15) is 17.4 Å². The van der Waals surface area contributed by atoms with Crippen LogP contribution >= 0.6 is 15.9 Å². The first-order valence-corrected chi connectivity index (χ1v) is 14.5. The van der Waals surface area contributed by atoms with Crippen LogP contribution in [0, 0.1) is 11.6 Å². The second kappa shape index (κ2) is 13.9. The van der Waals surface area contributed by atoms with Gasteiger partial charge in [-0.2, -0.15) is 0 Å². The molecule has 0 aliphatic carbocycles. The molecule has 0 unspecified atom stereocenters. The lowest BCUT2D eigenvalue weighted by Crippen LogP contribution is -2.53. The number of aliphatic hydroxyl groups is 1. The predicted octanol–water partition coefficient (Wildman–Crippen LogP) is 5.81. The van der Waals surface area contributed by atoms with E-state index in [1.165, 1.54) is 6.07 Å². The Kier molecular flexibility index (Phi) is 9.81. The molecule has 1 aliphatic rings. The van der Waals surface area contributed by atoms with Crippen LogP contribution in [0.25, 0.3) is 0 Å². The minimum atomic E-state index is -1.45. The number of halogens is 3. The third kappa shape index (κ3) is 7.27. The maximum Gasteiger partial charge on any atom is 0.266 e. The highest BCUT2D eigenvalue weighted by molar-refractivity contribution is 9.10. The Morgan fingerprint density at radius 2 is 1.74 bits per heavy atom. The molecule has 0 fully saturated rings. The van der Waals surface area contributed by atoms with Gasteiger partial charge in [0.25, 0.3) is 5.91 Å². The molecule has 0 aromatic heterocycles. The average Bonchev–Trinajstić information content (AvgIpc) is 3.41. The van der Waals surface area contributed by atoms with Crippen molar-refractivity contribution in [2.24, 2.45) is 4.99 Å². The van der Waals surface area contributed by atoms with Gasteiger partial charge < -0.3 is 14.6 Å². The lowest BCUT2D eigenvalue weighted by Gasteiger charge is -2.31. The van der Waals surface area contributed by atoms with E-state index in [4.69, 9.17) is 19.6 Å². The number of ether oxygens (including phenoxy) is 2. The number of hydrogen-bond donors (Lipinski definition) is 3. The Morgan fingerprint density at radius 1 is 1.00 bits per heavy atom. The number of amides is 1. The zero-order chi connectivity index (χ0) is 30.2. The van der Waals surface area contributed by atoms with Crippen molar-refractivity contribution >= 4 is 27.7 Å². The normalized spacial score (nSPS) is 17.7. The predicted molar refractivity (Wildman–Crippen MR) is 162 cm³/mol. The van der Waals surface area contributed by atoms with Gasteiger partial charge >= 0.3 is 0 Å². The van der Waals surface area contributed by atoms with Gasteiger partial charge in [-0.15, -0.1) is 0 Å². The molecular weight excluding hydrogens is 620 g/mol. The van der Waals surface area contributed by atoms with Crippen molar-refractivity contribution in [3.8, 4) is 5.75 Å². The maximum atomic E-state index is 14.3. The summed E-state index contributed by atoms with van der Waals surface area (Å²) in [7, 11) is 0. The summed E-state index contributed by atoms with van der Waals surface area (Å²) in [6.07, 6.45) is -0.0760. The average molecular weight is 651 g/mol. The van der Waals surface area contributed by atoms with Crippen LogP contribution in [0.4, 0.5) is 8.78 Å². The van der Waals surface area contributed by atoms with E-state index < -0.39 is 29.2 Å². The van der Waals surface area contributed by atoms with Gasteiger partial charge in [-0.25, -0.2) is 19.2 Å². The van der Waals surface area contributed by atoms with Gasteiger partial charge in [-0.3, -0.25) is 10.2 Å². The smallest absolute Gasteiger partial charge is 0.266 e. The molecule has 0 radical (unpaired) electrons. The first-order chi connectivity index (χ1) is 20.9. The molecule has 0 bridgehead atoms. The number of hydrazine groups is 1. The van der Waals surface area contributed by atoms with E-state index in [0.29, 0.717) is 24.3 Å². The van der Waals surface area contributed by atoms with E-state index in [1.54, 1.807) is 24.3 Å². The van der Waals surface area contributed by atoms with Crippen molar-refractivity contribution in [1.29, 1.82) is 0 Å². The van der Waals surface area contributed by atoms with Gasteiger partial charge in [0.05, 0.1) is 6.61 Å². The van der Waals surface area contributed by atoms with Crippen LogP contribution in [0.1, 0.15) is 34.8 Å². The number of hydrogen-bond acceptors (Lipinski definition) is 6. The Bertz CT molecular complexity index is 1570. The van der Waals surface area contributed by atoms with Crippen molar-refractivity contribution < 1.29 is 28.2 Å². The number of benzene rings is 4. The Labute approximate surface area is 256 Å². The topological polar surface area (TPSA) is 92.2 Å². The largest absolute Gasteiger partial charge is 0.494 e. The summed E-state index contributed by atoms with van der Waals surface area (Å²) in [4.78, 5) is 19.1. The van der Waals surface area contributed by atoms with E-state index >= 15 is 0 Å². The van der Waals surface area contributed by atoms with Crippen molar-refractivity contribution in [3.05, 3.63) is 135 Å². The minimum absolute atomic E-state index is 0.0415. The molecule has 5 rings (SSSR count). The summed E-state index contributed by atoms with van der Waals surface area (Å²) in [5.41, 5.74) is 6.50. The van der Waals surface area contributed by atoms with Crippen molar-refractivity contribution in [2.45, 2.75) is 31.0 Å². The fourth-order valence-electron chi connectivity index (χ4n) is 4.82. The van der Waals surface area contributed by atoms with Gasteiger partial charge in [0.15, 0.2) is 11.6 Å². The third-order valence-electron chi connectivity index (χ3n) is 7.02. The Balaban J connectivity index is 1.49. The Morgan fingerprint density at radius 3 is 2.44 bits per heavy atom. The molecule has 0 saturated carbocycles. The van der Waals surface area contributed by atoms with Crippen LogP contribution in [0.3, 0.4) is 0 Å². The highest BCUT2D eigenvalue weighted by Crippen LogP contribution is 2.42. The number of rotatable bonds is 12. The first kappa shape index (κ1) is 30.3. The second-order valence-electron chi connectivity index (χ2n) is 10.0. The zero-order valence-electron chi connectivity index (χ0n) is 23.1. The van der Waals surface area contributed by atoms with Crippen molar-refractivity contribution in [3.63, 3.8) is 0 Å². The standard InChI is InChI=1S/C33H30BrF2N3O4/c34-26-12-7-22(8-13-26)20-33(32(41)39-37-21-25-9-14-27(35)19-29(25)36)30(23-5-2-1-3-6-23)43-31(38-33)24-10-15-28(16-11-24)42-18-4-17-40/h1-3,5-16,19,30,37,40H,4,17-18,20-21H2,(H,39,41)/t30-,33-/m0/s1. The van der Waals surface area contributed by atoms with Crippen molar-refractivity contribution in [1.82, 2.24) is 10.9 Å². The molecule has 10 heteroatoms. The molecule has 3 N–H and O–H groups in total. The molecule has 0 spiro atoms. The third-order valence-corrected chi connectivity index (χ3v) is 7.54. The molecule has 222 valence electrons. The summed E-state index contributed by atoms with van der Waals surface area (Å²) in [6, 6.07) is 27.4. The first-order valence-electron chi connectivity index (χ1n) is 13.8. The lowest BCUT2D eigenvalue weighted by atomic mass is 9.82. The highest BCUT2D eigenvalue weighted by Gasteiger charge is 2.53. The van der Waals surface area contributed by atoms with Crippen LogP contribution < -0.4 is 15.6 Å². The van der Waals surface area contributed by atoms with Gasteiger partial charge in [-0.05, 0) is 53.6 Å². The summed E-state index contributed by atoms with van der Waals surface area (Å²) in [6.45, 7) is 0.353. The summed E-state index contributed by atoms with van der Waals surface area (Å²) < 4.78 is 40.7. The van der Waals surface area contributed by atoms with E-state index in [2.05, 4.69) is 26.8 Å². The monoisotopic (exact) mass is 649 g/mol. The highest BCUT2D eigenvalue weighted by atomic mass is 79.9. The molecule has 1 amide bonds. The number of nitrogens with zero attached hydrogens (tertiary/aromatic N) is 1. The fourth-order valence-corrected chi connectivity index (χ4v) is 5.08. The SMILES string of the molecule is O=C(NNCc1ccc(F)cc1F)[C@@]1(Cc2ccc(Br)cc2)N=C(c2ccc(OCCCO)cc2)O[C@H]1c1ccccc1. The van der Waals surface area contributed by atoms with E-state index in [0.717, 1.165) is 27.7 Å². The Hall–Kier alpha value is -4.12. The van der Waals surface area contributed by atoms with Gasteiger partial charge in [0, 0.05) is 47.7 Å². The second-order valence-corrected chi connectivity index (χ2v) is 11.0. The zero-order valence-corrected chi connectivity index (χ0v) is 24.7. The van der Waals surface area contributed by atoms with Crippen LogP contribution in [0.2, 0.25) is 0 Å². The molecule has 4 aromatic carbocycles. The molecule has 0 saturated heterocycles. The molecule has 1 heterocycles. The summed E-state index contributed by atoms with van der Waals surface area (Å²) in [5.74, 6) is -0.967. The summed E-state index contributed by atoms with van der Waals surface area (Å²) >= 11 is 3.46. The van der Waals surface area contributed by atoms with Crippen LogP contribution in [0.5, 0.6) is 5.75 Å². The van der Waals surface area contributed by atoms with Crippen molar-refractivity contribution in [2.75, 3.05) is 13.2 Å². The molecule has 1 aliphatic heterocycles. The van der Waals surface area contributed by atoms with E-state index in [-0.39, 0.29) is 31.0 Å².